The number of esters is 1. The third-order valence-electron chi connectivity index (χ3n) is 16.1. The maximum atomic E-state index is 15.5. The molecule has 424 valence electrons. The predicted octanol–water partition coefficient (Wildman–Crippen LogP) is 4.71. The maximum absolute atomic E-state index is 15.5. The van der Waals surface area contributed by atoms with Crippen molar-refractivity contribution in [2.24, 2.45) is 11.8 Å². The van der Waals surface area contributed by atoms with Crippen molar-refractivity contribution >= 4 is 63.9 Å². The summed E-state index contributed by atoms with van der Waals surface area (Å²) in [6, 6.07) is 19.4. The van der Waals surface area contributed by atoms with Crippen LogP contribution in [0.2, 0.25) is 0 Å². The van der Waals surface area contributed by atoms with Crippen LogP contribution < -0.4 is 26.8 Å². The Kier molecular flexibility index (Phi) is 17.5. The first-order valence-corrected chi connectivity index (χ1v) is 27.8. The van der Waals surface area contributed by atoms with Gasteiger partial charge in [-0.15, -0.1) is 0 Å². The Balaban J connectivity index is 0.809. The summed E-state index contributed by atoms with van der Waals surface area (Å²) in [7, 11) is 0. The number of unbranched alkanes of at least 4 members (excludes halogenated alkanes) is 2. The van der Waals surface area contributed by atoms with Gasteiger partial charge in [-0.2, -0.15) is 0 Å². The summed E-state index contributed by atoms with van der Waals surface area (Å²) in [5.74, 6) is -5.92. The van der Waals surface area contributed by atoms with Crippen LogP contribution in [-0.4, -0.2) is 98.2 Å². The van der Waals surface area contributed by atoms with E-state index in [1.807, 2.05) is 36.4 Å². The number of pyridine rings is 2. The van der Waals surface area contributed by atoms with Crippen molar-refractivity contribution in [3.8, 4) is 11.4 Å². The first-order valence-electron chi connectivity index (χ1n) is 27.8. The zero-order valence-electron chi connectivity index (χ0n) is 45.6. The van der Waals surface area contributed by atoms with E-state index in [2.05, 4.69) is 21.3 Å². The van der Waals surface area contributed by atoms with E-state index in [-0.39, 0.29) is 105 Å². The van der Waals surface area contributed by atoms with Gasteiger partial charge in [0.1, 0.15) is 12.4 Å². The van der Waals surface area contributed by atoms with Crippen LogP contribution in [0.4, 0.5) is 4.39 Å². The summed E-state index contributed by atoms with van der Waals surface area (Å²) < 4.78 is 22.2. The van der Waals surface area contributed by atoms with Gasteiger partial charge in [-0.3, -0.25) is 48.1 Å². The van der Waals surface area contributed by atoms with Crippen molar-refractivity contribution in [1.29, 1.82) is 0 Å². The predicted molar refractivity (Wildman–Crippen MR) is 293 cm³/mol. The van der Waals surface area contributed by atoms with Crippen molar-refractivity contribution in [2.45, 2.75) is 135 Å². The Morgan fingerprint density at radius 2 is 1.56 bits per heavy atom. The van der Waals surface area contributed by atoms with Crippen LogP contribution >= 0.6 is 0 Å². The largest absolute Gasteiger partial charge is 0.458 e. The molecule has 3 aromatic carbocycles. The average molecular weight is 1110 g/mol. The number of rotatable bonds is 24. The summed E-state index contributed by atoms with van der Waals surface area (Å²) in [6.45, 7) is 4.10. The molecule has 2 aromatic heterocycles. The minimum atomic E-state index is -2.07. The first kappa shape index (κ1) is 57.4. The number of aromatic nitrogens is 2. The molecule has 1 unspecified atom stereocenters. The molecule has 1 fully saturated rings. The van der Waals surface area contributed by atoms with E-state index in [0.717, 1.165) is 11.1 Å². The van der Waals surface area contributed by atoms with E-state index in [1.54, 1.807) is 51.1 Å². The van der Waals surface area contributed by atoms with E-state index in [0.29, 0.717) is 83.2 Å². The van der Waals surface area contributed by atoms with Crippen LogP contribution in [0.25, 0.3) is 22.3 Å². The second-order valence-electron chi connectivity index (χ2n) is 21.7. The average Bonchev–Trinajstić information content (AvgIpc) is 4.22. The fourth-order valence-corrected chi connectivity index (χ4v) is 11.6. The monoisotopic (exact) mass is 1110 g/mol. The highest BCUT2D eigenvalue weighted by Crippen LogP contribution is 2.46. The smallest absolute Gasteiger partial charge is 0.343 e. The molecule has 19 nitrogen and oxygen atoms in total. The molecular weight excluding hydrogens is 1040 g/mol. The third-order valence-corrected chi connectivity index (χ3v) is 16.1. The quantitative estimate of drug-likeness (QED) is 0.0313. The topological polar surface area (TPSA) is 269 Å². The van der Waals surface area contributed by atoms with Gasteiger partial charge >= 0.3 is 5.97 Å². The number of carbonyl (C=O) groups is 9. The number of imide groups is 1. The van der Waals surface area contributed by atoms with Crippen molar-refractivity contribution < 1.29 is 57.4 Å². The second-order valence-corrected chi connectivity index (χ2v) is 21.7. The number of carbonyl (C=O) groups excluding carboxylic acids is 9. The third kappa shape index (κ3) is 12.4. The first-order chi connectivity index (χ1) is 38.8. The van der Waals surface area contributed by atoms with Gasteiger partial charge in [-0.1, -0.05) is 80.9 Å². The fraction of sp³-hybridized carbons (Fsp3) is 0.426. The maximum Gasteiger partial charge on any atom is 0.343 e. The molecule has 20 heteroatoms. The van der Waals surface area contributed by atoms with Crippen molar-refractivity contribution in [3.05, 3.63) is 133 Å². The van der Waals surface area contributed by atoms with Crippen molar-refractivity contribution in [1.82, 2.24) is 35.7 Å². The number of amides is 6. The number of nitrogens with one attached hydrogen (secondary N) is 4. The lowest BCUT2D eigenvalue weighted by atomic mass is 9.81. The molecule has 6 amide bonds. The van der Waals surface area contributed by atoms with E-state index in [1.165, 1.54) is 15.5 Å². The minimum absolute atomic E-state index is 0.0362. The lowest BCUT2D eigenvalue weighted by Crippen LogP contribution is -2.44. The highest BCUT2D eigenvalue weighted by Gasteiger charge is 2.46. The van der Waals surface area contributed by atoms with Crippen LogP contribution in [0.15, 0.2) is 77.6 Å². The number of aliphatic hydroxyl groups is 1. The summed E-state index contributed by atoms with van der Waals surface area (Å²) in [4.78, 5) is 139. The van der Waals surface area contributed by atoms with E-state index in [4.69, 9.17) is 9.72 Å². The lowest BCUT2D eigenvalue weighted by molar-refractivity contribution is -0.172. The molecule has 5 atom stereocenters. The number of hydrogen-bond acceptors (Lipinski definition) is 13. The normalized spacial score (nSPS) is 18.5. The Morgan fingerprint density at radius 3 is 2.25 bits per heavy atom. The van der Waals surface area contributed by atoms with E-state index >= 15 is 4.39 Å². The lowest BCUT2D eigenvalue weighted by Gasteiger charge is -2.31. The molecule has 5 aromatic rings. The van der Waals surface area contributed by atoms with Gasteiger partial charge in [0, 0.05) is 73.1 Å². The molecule has 3 aliphatic heterocycles. The molecule has 5 heterocycles. The minimum Gasteiger partial charge on any atom is -0.458 e. The van der Waals surface area contributed by atoms with Crippen LogP contribution in [0.3, 0.4) is 0 Å². The number of aryl methyl sites for hydroxylation is 1. The molecule has 81 heavy (non-hydrogen) atoms. The van der Waals surface area contributed by atoms with Crippen molar-refractivity contribution in [3.63, 3.8) is 0 Å². The SMILES string of the molecule is CC[C@@]1(O)C(=O)OCc2c1cc1n(c2=O)Cc2c-1nc1cc(F)c(C)c3c1c2[C@@H](NC(=O)CNC(=O)[C@@H](CC(=O)CNC(=O)CCC(=O)[C@H](Cc1ccccc1)NC(=O)CCCCCN1C(=O)CC(C)C1=O)Cc1ccccc1)CC3. The standard InChI is InChI=1S/C61H66FN7O12/c1-4-61(80)43-28-48-56-41(32-69(48)59(78)42(43)33-81-60(61)79)55-45(20-19-40-35(3)44(62)29-47(67-56)54(40)55)65-52(74)31-64-57(76)38(25-36-14-8-5-9-15-36)27-39(70)30-63-50(72)22-21-49(71)46(26-37-16-10-6-11-17-37)66-51(73)18-12-7-13-23-68-53(75)24-34(2)58(68)77/h5-6,8-11,14-17,28-29,34,38,45-46,80H,4,7,12-13,18-27,30-33H2,1-3H3,(H,63,72)(H,64,76)(H,65,74)(H,66,73)/t34?,38-,45+,46+,61+/m1/s1. The second kappa shape index (κ2) is 24.6. The molecule has 4 aliphatic rings. The number of ketones is 2. The number of benzene rings is 3. The molecule has 1 aliphatic carbocycles. The summed E-state index contributed by atoms with van der Waals surface area (Å²) in [6.07, 6.45) is 2.13. The molecule has 0 spiro atoms. The van der Waals surface area contributed by atoms with Gasteiger partial charge in [0.05, 0.1) is 54.2 Å². The van der Waals surface area contributed by atoms with Gasteiger partial charge in [-0.05, 0) is 85.8 Å². The van der Waals surface area contributed by atoms with Gasteiger partial charge in [0.2, 0.25) is 35.4 Å². The molecule has 1 saturated heterocycles. The van der Waals surface area contributed by atoms with Gasteiger partial charge in [0.25, 0.3) is 5.56 Å². The Hall–Kier alpha value is -8.26. The Morgan fingerprint density at radius 1 is 0.840 bits per heavy atom. The zero-order valence-corrected chi connectivity index (χ0v) is 45.6. The van der Waals surface area contributed by atoms with Crippen LogP contribution in [0, 0.1) is 24.6 Å². The number of hydrogen-bond donors (Lipinski definition) is 5. The number of Topliss-reactive ketones (excluding diaryl/α,β-unsaturated/α-hetero) is 2. The molecule has 5 N–H and O–H groups in total. The number of fused-ring (bicyclic) bond motifs is 5. The molecule has 9 rings (SSSR count). The molecule has 0 bridgehead atoms. The van der Waals surface area contributed by atoms with E-state index < -0.39 is 77.5 Å². The summed E-state index contributed by atoms with van der Waals surface area (Å²) in [5.41, 5.74) is 2.62. The molecule has 0 saturated carbocycles. The van der Waals surface area contributed by atoms with Crippen LogP contribution in [0.1, 0.15) is 129 Å². The van der Waals surface area contributed by atoms with Crippen LogP contribution in [0.5, 0.6) is 0 Å². The fourth-order valence-electron chi connectivity index (χ4n) is 11.6. The molecule has 0 radical (unpaired) electrons. The number of cyclic esters (lactones) is 1. The van der Waals surface area contributed by atoms with Gasteiger partial charge in [-0.25, -0.2) is 14.2 Å². The highest BCUT2D eigenvalue weighted by atomic mass is 19.1. The molecular formula is C61H66FN7O12. The Labute approximate surface area is 466 Å². The van der Waals surface area contributed by atoms with Crippen LogP contribution in [-0.2, 0) is 85.9 Å². The number of ether oxygens (including phenoxy) is 1. The van der Waals surface area contributed by atoms with E-state index in [9.17, 15) is 53.1 Å². The Bertz CT molecular complexity index is 3420. The number of likely N-dealkylation sites (tertiary alicyclic amines) is 1. The summed E-state index contributed by atoms with van der Waals surface area (Å²) in [5, 5.41) is 23.2. The van der Waals surface area contributed by atoms with Crippen molar-refractivity contribution in [2.75, 3.05) is 19.6 Å². The van der Waals surface area contributed by atoms with Gasteiger partial charge < -0.3 is 35.7 Å². The number of halogens is 1. The number of nitrogens with zero attached hydrogens (tertiary/aromatic N) is 3. The highest BCUT2D eigenvalue weighted by molar-refractivity contribution is 6.03. The summed E-state index contributed by atoms with van der Waals surface area (Å²) >= 11 is 0. The zero-order chi connectivity index (χ0) is 57.7. The van der Waals surface area contributed by atoms with Gasteiger partial charge in [0.15, 0.2) is 17.2 Å².